The van der Waals surface area contributed by atoms with Crippen LogP contribution in [-0.2, 0) is 11.3 Å². The van der Waals surface area contributed by atoms with Crippen molar-refractivity contribution in [2.24, 2.45) is 5.92 Å². The zero-order valence-electron chi connectivity index (χ0n) is 12.3. The second-order valence-corrected chi connectivity index (χ2v) is 6.11. The highest BCUT2D eigenvalue weighted by Crippen LogP contribution is 2.35. The summed E-state index contributed by atoms with van der Waals surface area (Å²) in [6, 6.07) is 9.90. The van der Waals surface area contributed by atoms with Gasteiger partial charge in [0.1, 0.15) is 6.61 Å². The number of rotatable bonds is 2. The van der Waals surface area contributed by atoms with E-state index in [0.717, 1.165) is 44.2 Å². The van der Waals surface area contributed by atoms with E-state index in [1.165, 1.54) is 0 Å². The molecule has 3 atom stereocenters. The van der Waals surface area contributed by atoms with Gasteiger partial charge in [0.05, 0.1) is 6.10 Å². The second kappa shape index (κ2) is 6.48. The van der Waals surface area contributed by atoms with Gasteiger partial charge in [-0.15, -0.1) is 0 Å². The number of piperidine rings is 1. The number of nitrogens with zero attached hydrogens (tertiary/aromatic N) is 1. The number of carbonyl (C=O) groups excluding carboxylic acids is 1. The molecule has 1 saturated heterocycles. The minimum atomic E-state index is -0.256. The number of likely N-dealkylation sites (tertiary alicyclic amines) is 1. The number of aliphatic hydroxyl groups excluding tert-OH is 1. The maximum Gasteiger partial charge on any atom is 0.410 e. The minimum absolute atomic E-state index is 0.158. The Morgan fingerprint density at radius 1 is 1.19 bits per heavy atom. The van der Waals surface area contributed by atoms with Crippen LogP contribution in [0.3, 0.4) is 0 Å². The van der Waals surface area contributed by atoms with Gasteiger partial charge < -0.3 is 14.7 Å². The van der Waals surface area contributed by atoms with Gasteiger partial charge in [0.25, 0.3) is 0 Å². The number of benzene rings is 1. The maximum absolute atomic E-state index is 12.4. The summed E-state index contributed by atoms with van der Waals surface area (Å²) in [6.07, 6.45) is 4.34. The first-order chi connectivity index (χ1) is 10.3. The lowest BCUT2D eigenvalue weighted by Crippen LogP contribution is -2.53. The van der Waals surface area contributed by atoms with Crippen LogP contribution >= 0.6 is 0 Å². The smallest absolute Gasteiger partial charge is 0.410 e. The summed E-state index contributed by atoms with van der Waals surface area (Å²) in [5, 5.41) is 10.1. The number of carbonyl (C=O) groups is 1. The monoisotopic (exact) mass is 289 g/mol. The third-order valence-electron chi connectivity index (χ3n) is 4.76. The Bertz CT molecular complexity index is 476. The van der Waals surface area contributed by atoms with Crippen LogP contribution in [0.2, 0.25) is 0 Å². The molecular formula is C17H23NO3. The summed E-state index contributed by atoms with van der Waals surface area (Å²) in [5.74, 6) is 0.233. The molecule has 3 rings (SSSR count). The van der Waals surface area contributed by atoms with Crippen molar-refractivity contribution >= 4 is 6.09 Å². The fourth-order valence-electron chi connectivity index (χ4n) is 3.68. The van der Waals surface area contributed by atoms with Crippen molar-refractivity contribution in [2.75, 3.05) is 6.54 Å². The van der Waals surface area contributed by atoms with Crippen LogP contribution in [0.1, 0.15) is 37.7 Å². The van der Waals surface area contributed by atoms with Crippen LogP contribution in [0.25, 0.3) is 0 Å². The third kappa shape index (κ3) is 3.21. The Hall–Kier alpha value is -1.55. The molecule has 2 fully saturated rings. The normalized spacial score (nSPS) is 28.8. The first-order valence-corrected chi connectivity index (χ1v) is 7.91. The molecule has 1 aliphatic heterocycles. The van der Waals surface area contributed by atoms with Crippen molar-refractivity contribution in [3.05, 3.63) is 35.9 Å². The second-order valence-electron chi connectivity index (χ2n) is 6.11. The molecule has 4 heteroatoms. The summed E-state index contributed by atoms with van der Waals surface area (Å²) in [6.45, 7) is 1.07. The van der Waals surface area contributed by atoms with Gasteiger partial charge in [-0.3, -0.25) is 0 Å². The largest absolute Gasteiger partial charge is 0.445 e. The van der Waals surface area contributed by atoms with Crippen molar-refractivity contribution < 1.29 is 14.6 Å². The number of hydrogen-bond acceptors (Lipinski definition) is 3. The first kappa shape index (κ1) is 14.4. The van der Waals surface area contributed by atoms with Crippen molar-refractivity contribution in [2.45, 2.75) is 50.9 Å². The molecule has 0 aromatic heterocycles. The van der Waals surface area contributed by atoms with Gasteiger partial charge in [-0.1, -0.05) is 30.3 Å². The molecule has 1 saturated carbocycles. The minimum Gasteiger partial charge on any atom is -0.445 e. The van der Waals surface area contributed by atoms with Crippen molar-refractivity contribution in [3.8, 4) is 0 Å². The number of fused-ring (bicyclic) bond motifs is 1. The number of hydrogen-bond donors (Lipinski definition) is 1. The highest BCUT2D eigenvalue weighted by molar-refractivity contribution is 5.68. The van der Waals surface area contributed by atoms with Crippen molar-refractivity contribution in [1.29, 1.82) is 0 Å². The van der Waals surface area contributed by atoms with Crippen LogP contribution in [0, 0.1) is 5.92 Å². The van der Waals surface area contributed by atoms with Gasteiger partial charge in [0, 0.05) is 18.5 Å². The predicted octanol–water partition coefficient (Wildman–Crippen LogP) is 2.95. The van der Waals surface area contributed by atoms with E-state index < -0.39 is 0 Å². The highest BCUT2D eigenvalue weighted by atomic mass is 16.6. The van der Waals surface area contributed by atoms with Gasteiger partial charge in [0.2, 0.25) is 0 Å². The topological polar surface area (TPSA) is 49.8 Å². The highest BCUT2D eigenvalue weighted by Gasteiger charge is 2.40. The molecule has 1 amide bonds. The first-order valence-electron chi connectivity index (χ1n) is 7.91. The molecule has 1 aromatic carbocycles. The fourth-order valence-corrected chi connectivity index (χ4v) is 3.68. The van der Waals surface area contributed by atoms with E-state index in [0.29, 0.717) is 6.61 Å². The van der Waals surface area contributed by atoms with E-state index in [1.807, 2.05) is 35.2 Å². The van der Waals surface area contributed by atoms with E-state index in [2.05, 4.69) is 0 Å². The summed E-state index contributed by atoms with van der Waals surface area (Å²) in [4.78, 5) is 14.2. The lowest BCUT2D eigenvalue weighted by molar-refractivity contribution is -0.0264. The summed E-state index contributed by atoms with van der Waals surface area (Å²) >= 11 is 0. The lowest BCUT2D eigenvalue weighted by atomic mass is 9.76. The van der Waals surface area contributed by atoms with E-state index in [1.54, 1.807) is 0 Å². The number of aliphatic hydroxyl groups is 1. The van der Waals surface area contributed by atoms with Gasteiger partial charge in [-0.05, 0) is 37.7 Å². The molecular weight excluding hydrogens is 266 g/mol. The molecule has 0 radical (unpaired) electrons. The molecule has 1 aromatic rings. The van der Waals surface area contributed by atoms with Crippen LogP contribution in [-0.4, -0.2) is 34.8 Å². The Morgan fingerprint density at radius 3 is 2.81 bits per heavy atom. The average Bonchev–Trinajstić information content (AvgIpc) is 2.53. The van der Waals surface area contributed by atoms with E-state index in [9.17, 15) is 9.90 Å². The molecule has 4 nitrogen and oxygen atoms in total. The Kier molecular flexibility index (Phi) is 4.44. The van der Waals surface area contributed by atoms with E-state index >= 15 is 0 Å². The van der Waals surface area contributed by atoms with Crippen molar-refractivity contribution in [1.82, 2.24) is 4.90 Å². The molecule has 1 N–H and O–H groups in total. The van der Waals surface area contributed by atoms with Crippen LogP contribution in [0.5, 0.6) is 0 Å². The zero-order valence-corrected chi connectivity index (χ0v) is 12.3. The Balaban J connectivity index is 1.61. The van der Waals surface area contributed by atoms with Gasteiger partial charge in [0.15, 0.2) is 0 Å². The molecule has 114 valence electrons. The fraction of sp³-hybridized carbons (Fsp3) is 0.588. The quantitative estimate of drug-likeness (QED) is 0.910. The Labute approximate surface area is 125 Å². The van der Waals surface area contributed by atoms with Crippen molar-refractivity contribution in [3.63, 3.8) is 0 Å². The molecule has 0 bridgehead atoms. The molecule has 0 spiro atoms. The summed E-state index contributed by atoms with van der Waals surface area (Å²) in [7, 11) is 0. The molecule has 1 heterocycles. The lowest BCUT2D eigenvalue weighted by Gasteiger charge is -2.45. The SMILES string of the molecule is O=C(OCc1ccccc1)N1CCC[C@@H]2[C@H](O)CCC[C@@H]21. The average molecular weight is 289 g/mol. The standard InChI is InChI=1S/C17H23NO3/c19-16-10-4-9-15-14(16)8-5-11-18(15)17(20)21-12-13-6-2-1-3-7-13/h1-3,6-7,14-16,19H,4-5,8-12H2/t14-,15-,16+/m0/s1. The maximum atomic E-state index is 12.4. The summed E-state index contributed by atoms with van der Waals surface area (Å²) in [5.41, 5.74) is 1.00. The molecule has 2 aliphatic rings. The molecule has 1 aliphatic carbocycles. The van der Waals surface area contributed by atoms with E-state index in [-0.39, 0.29) is 24.2 Å². The van der Waals surface area contributed by atoms with Crippen LogP contribution in [0.4, 0.5) is 4.79 Å². The molecule has 21 heavy (non-hydrogen) atoms. The Morgan fingerprint density at radius 2 is 2.00 bits per heavy atom. The van der Waals surface area contributed by atoms with Crippen LogP contribution in [0.15, 0.2) is 30.3 Å². The third-order valence-corrected chi connectivity index (χ3v) is 4.76. The van der Waals surface area contributed by atoms with E-state index in [4.69, 9.17) is 4.74 Å². The van der Waals surface area contributed by atoms with Crippen LogP contribution < -0.4 is 0 Å². The summed E-state index contributed by atoms with van der Waals surface area (Å²) < 4.78 is 5.46. The zero-order chi connectivity index (χ0) is 14.7. The van der Waals surface area contributed by atoms with Gasteiger partial charge in [-0.2, -0.15) is 0 Å². The number of amides is 1. The predicted molar refractivity (Wildman–Crippen MR) is 79.7 cm³/mol. The number of ether oxygens (including phenoxy) is 1. The van der Waals surface area contributed by atoms with Gasteiger partial charge >= 0.3 is 6.09 Å². The molecule has 0 unspecified atom stereocenters. The van der Waals surface area contributed by atoms with Gasteiger partial charge in [-0.25, -0.2) is 4.79 Å².